The van der Waals surface area contributed by atoms with Crippen molar-refractivity contribution in [2.45, 2.75) is 13.0 Å². The van der Waals surface area contributed by atoms with Crippen molar-refractivity contribution >= 4 is 21.9 Å². The van der Waals surface area contributed by atoms with E-state index in [1.165, 1.54) is 0 Å². The molecule has 0 spiro atoms. The summed E-state index contributed by atoms with van der Waals surface area (Å²) in [4.78, 5) is 17.3. The lowest BCUT2D eigenvalue weighted by Crippen LogP contribution is -2.22. The van der Waals surface area contributed by atoms with Crippen molar-refractivity contribution in [3.63, 3.8) is 0 Å². The first-order chi connectivity index (χ1) is 10.1. The van der Waals surface area contributed by atoms with E-state index in [9.17, 15) is 4.79 Å². The highest BCUT2D eigenvalue weighted by Crippen LogP contribution is 2.22. The van der Waals surface area contributed by atoms with Crippen LogP contribution in [0.2, 0.25) is 0 Å². The quantitative estimate of drug-likeness (QED) is 0.910. The van der Waals surface area contributed by atoms with E-state index in [0.717, 1.165) is 16.6 Å². The Morgan fingerprint density at radius 2 is 2.38 bits per heavy atom. The second-order valence-corrected chi connectivity index (χ2v) is 6.00. The van der Waals surface area contributed by atoms with Gasteiger partial charge in [0.05, 0.1) is 12.5 Å². The van der Waals surface area contributed by atoms with Crippen LogP contribution in [0.25, 0.3) is 11.4 Å². The van der Waals surface area contributed by atoms with Crippen LogP contribution in [0.5, 0.6) is 0 Å². The number of hydrogen-bond donors (Lipinski definition) is 1. The summed E-state index contributed by atoms with van der Waals surface area (Å²) in [6.07, 6.45) is 0.669. The molecule has 1 aromatic heterocycles. The van der Waals surface area contributed by atoms with Crippen LogP contribution in [0.4, 0.5) is 0 Å². The number of carboxylic acids is 1. The number of carboxylic acid groups (broad SMARTS) is 1. The second kappa shape index (κ2) is 5.95. The van der Waals surface area contributed by atoms with Crippen LogP contribution < -0.4 is 0 Å². The summed E-state index contributed by atoms with van der Waals surface area (Å²) in [7, 11) is 0. The van der Waals surface area contributed by atoms with Crippen molar-refractivity contribution in [3.8, 4) is 11.4 Å². The van der Waals surface area contributed by atoms with Crippen molar-refractivity contribution < 1.29 is 14.4 Å². The van der Waals surface area contributed by atoms with Gasteiger partial charge in [0.25, 0.3) is 0 Å². The number of benzene rings is 1. The van der Waals surface area contributed by atoms with Gasteiger partial charge in [0.15, 0.2) is 0 Å². The van der Waals surface area contributed by atoms with Crippen molar-refractivity contribution in [2.75, 3.05) is 13.1 Å². The Morgan fingerprint density at radius 1 is 1.52 bits per heavy atom. The maximum absolute atomic E-state index is 10.9. The lowest BCUT2D eigenvalue weighted by Gasteiger charge is -2.11. The van der Waals surface area contributed by atoms with Gasteiger partial charge in [0, 0.05) is 16.6 Å². The Kier molecular flexibility index (Phi) is 4.03. The smallest absolute Gasteiger partial charge is 0.307 e. The molecule has 0 aliphatic carbocycles. The van der Waals surface area contributed by atoms with Crippen LogP contribution >= 0.6 is 15.9 Å². The Morgan fingerprint density at radius 3 is 3.10 bits per heavy atom. The average molecular weight is 352 g/mol. The molecule has 110 valence electrons. The number of nitrogens with zero attached hydrogens (tertiary/aromatic N) is 3. The lowest BCUT2D eigenvalue weighted by atomic mass is 10.1. The Balaban J connectivity index is 1.67. The molecule has 0 radical (unpaired) electrons. The predicted octanol–water partition coefficient (Wildman–Crippen LogP) is 2.41. The fraction of sp³-hybridized carbons (Fsp3) is 0.357. The molecule has 7 heteroatoms. The zero-order valence-electron chi connectivity index (χ0n) is 11.2. The maximum Gasteiger partial charge on any atom is 0.307 e. The van der Waals surface area contributed by atoms with Crippen molar-refractivity contribution in [2.24, 2.45) is 5.92 Å². The van der Waals surface area contributed by atoms with E-state index >= 15 is 0 Å². The summed E-state index contributed by atoms with van der Waals surface area (Å²) < 4.78 is 6.20. The summed E-state index contributed by atoms with van der Waals surface area (Å²) in [6, 6.07) is 7.68. The Hall–Kier alpha value is -1.73. The normalized spacial score (nSPS) is 19.0. The van der Waals surface area contributed by atoms with E-state index in [4.69, 9.17) is 9.63 Å². The molecule has 1 unspecified atom stereocenters. The summed E-state index contributed by atoms with van der Waals surface area (Å²) in [6.45, 7) is 1.76. The summed E-state index contributed by atoms with van der Waals surface area (Å²) in [5.41, 5.74) is 0.879. The highest BCUT2D eigenvalue weighted by atomic mass is 79.9. The molecule has 2 aromatic rings. The SMILES string of the molecule is O=C(O)C1CCN(Cc2nc(-c3cccc(Br)c3)no2)C1. The monoisotopic (exact) mass is 351 g/mol. The zero-order chi connectivity index (χ0) is 14.8. The number of aliphatic carboxylic acids is 1. The molecule has 0 saturated carbocycles. The summed E-state index contributed by atoms with van der Waals surface area (Å²) in [5.74, 6) is 0.0200. The topological polar surface area (TPSA) is 79.5 Å². The zero-order valence-corrected chi connectivity index (χ0v) is 12.8. The number of aromatic nitrogens is 2. The van der Waals surface area contributed by atoms with E-state index in [-0.39, 0.29) is 5.92 Å². The van der Waals surface area contributed by atoms with Gasteiger partial charge in [0.2, 0.25) is 11.7 Å². The molecule has 6 nitrogen and oxygen atoms in total. The fourth-order valence-electron chi connectivity index (χ4n) is 2.43. The Labute approximate surface area is 129 Å². The third-order valence-electron chi connectivity index (χ3n) is 3.53. The largest absolute Gasteiger partial charge is 0.481 e. The number of likely N-dealkylation sites (tertiary alicyclic amines) is 1. The number of halogens is 1. The first-order valence-electron chi connectivity index (χ1n) is 6.65. The van der Waals surface area contributed by atoms with Gasteiger partial charge in [-0.1, -0.05) is 33.2 Å². The predicted molar refractivity (Wildman–Crippen MR) is 78.5 cm³/mol. The van der Waals surface area contributed by atoms with E-state index in [1.807, 2.05) is 29.2 Å². The van der Waals surface area contributed by atoms with Crippen LogP contribution in [-0.2, 0) is 11.3 Å². The highest BCUT2D eigenvalue weighted by Gasteiger charge is 2.28. The fourth-order valence-corrected chi connectivity index (χ4v) is 2.83. The molecule has 1 N–H and O–H groups in total. The summed E-state index contributed by atoms with van der Waals surface area (Å²) in [5, 5.41) is 13.0. The molecule has 1 saturated heterocycles. The highest BCUT2D eigenvalue weighted by molar-refractivity contribution is 9.10. The minimum atomic E-state index is -0.738. The van der Waals surface area contributed by atoms with Crippen molar-refractivity contribution in [3.05, 3.63) is 34.6 Å². The maximum atomic E-state index is 10.9. The third kappa shape index (κ3) is 3.30. The van der Waals surface area contributed by atoms with E-state index < -0.39 is 5.97 Å². The average Bonchev–Trinajstić information content (AvgIpc) is 3.08. The molecule has 21 heavy (non-hydrogen) atoms. The lowest BCUT2D eigenvalue weighted by molar-refractivity contribution is -0.141. The molecule has 0 bridgehead atoms. The van der Waals surface area contributed by atoms with Crippen LogP contribution in [0, 0.1) is 5.92 Å². The van der Waals surface area contributed by atoms with Crippen LogP contribution in [0.3, 0.4) is 0 Å². The molecular weight excluding hydrogens is 338 g/mol. The van der Waals surface area contributed by atoms with Crippen molar-refractivity contribution in [1.82, 2.24) is 15.0 Å². The van der Waals surface area contributed by atoms with Crippen LogP contribution in [0.1, 0.15) is 12.3 Å². The van der Waals surface area contributed by atoms with Gasteiger partial charge >= 0.3 is 5.97 Å². The molecule has 1 aliphatic rings. The van der Waals surface area contributed by atoms with Crippen LogP contribution in [-0.4, -0.2) is 39.2 Å². The molecule has 1 aromatic carbocycles. The number of rotatable bonds is 4. The molecule has 3 rings (SSSR count). The standard InChI is InChI=1S/C14H14BrN3O3/c15-11-3-1-2-9(6-11)13-16-12(21-17-13)8-18-5-4-10(7-18)14(19)20/h1-3,6,10H,4-5,7-8H2,(H,19,20). The molecule has 1 aliphatic heterocycles. The van der Waals surface area contributed by atoms with Gasteiger partial charge in [-0.3, -0.25) is 9.69 Å². The van der Waals surface area contributed by atoms with E-state index in [1.54, 1.807) is 0 Å². The van der Waals surface area contributed by atoms with Gasteiger partial charge in [0.1, 0.15) is 0 Å². The molecule has 1 atom stereocenters. The Bertz CT molecular complexity index is 658. The minimum Gasteiger partial charge on any atom is -0.481 e. The number of carbonyl (C=O) groups is 1. The van der Waals surface area contributed by atoms with Gasteiger partial charge in [-0.15, -0.1) is 0 Å². The van der Waals surface area contributed by atoms with E-state index in [0.29, 0.717) is 31.2 Å². The van der Waals surface area contributed by atoms with Gasteiger partial charge in [-0.25, -0.2) is 0 Å². The minimum absolute atomic E-state index is 0.294. The molecule has 0 amide bonds. The van der Waals surface area contributed by atoms with Crippen LogP contribution in [0.15, 0.2) is 33.3 Å². The van der Waals surface area contributed by atoms with Crippen molar-refractivity contribution in [1.29, 1.82) is 0 Å². The third-order valence-corrected chi connectivity index (χ3v) is 4.02. The first-order valence-corrected chi connectivity index (χ1v) is 7.45. The van der Waals surface area contributed by atoms with Gasteiger partial charge in [-0.05, 0) is 25.1 Å². The second-order valence-electron chi connectivity index (χ2n) is 5.08. The molecule has 2 heterocycles. The number of hydrogen-bond acceptors (Lipinski definition) is 5. The summed E-state index contributed by atoms with van der Waals surface area (Å²) >= 11 is 3.41. The first kappa shape index (κ1) is 14.2. The molecule has 1 fully saturated rings. The molecular formula is C14H14BrN3O3. The van der Waals surface area contributed by atoms with E-state index in [2.05, 4.69) is 26.1 Å². The van der Waals surface area contributed by atoms with Gasteiger partial charge in [-0.2, -0.15) is 4.98 Å². The van der Waals surface area contributed by atoms with Gasteiger partial charge < -0.3 is 9.63 Å².